The van der Waals surface area contributed by atoms with E-state index in [9.17, 15) is 0 Å². The SMILES string of the molecule is CCC(N)Cc1cnn(CC2CCC(C)O2)c1. The Morgan fingerprint density at radius 2 is 2.41 bits per heavy atom. The highest BCUT2D eigenvalue weighted by atomic mass is 16.5. The fraction of sp³-hybridized carbons (Fsp3) is 0.769. The molecule has 96 valence electrons. The highest BCUT2D eigenvalue weighted by Gasteiger charge is 2.22. The molecule has 3 atom stereocenters. The van der Waals surface area contributed by atoms with Crippen molar-refractivity contribution in [3.8, 4) is 0 Å². The Bertz CT molecular complexity index is 350. The van der Waals surface area contributed by atoms with E-state index in [1.54, 1.807) is 0 Å². The number of aromatic nitrogens is 2. The highest BCUT2D eigenvalue weighted by molar-refractivity contribution is 5.06. The maximum absolute atomic E-state index is 5.93. The lowest BCUT2D eigenvalue weighted by Crippen LogP contribution is -2.21. The molecule has 0 radical (unpaired) electrons. The average molecular weight is 237 g/mol. The van der Waals surface area contributed by atoms with Crippen LogP contribution in [0, 0.1) is 0 Å². The Morgan fingerprint density at radius 1 is 1.59 bits per heavy atom. The van der Waals surface area contributed by atoms with Crippen LogP contribution in [-0.2, 0) is 17.7 Å². The Kier molecular flexibility index (Phi) is 4.18. The molecule has 0 bridgehead atoms. The van der Waals surface area contributed by atoms with Gasteiger partial charge in [-0.15, -0.1) is 0 Å². The van der Waals surface area contributed by atoms with Crippen LogP contribution in [0.15, 0.2) is 12.4 Å². The zero-order chi connectivity index (χ0) is 12.3. The minimum atomic E-state index is 0.246. The van der Waals surface area contributed by atoms with E-state index in [-0.39, 0.29) is 6.04 Å². The summed E-state index contributed by atoms with van der Waals surface area (Å²) in [7, 11) is 0. The quantitative estimate of drug-likeness (QED) is 0.848. The van der Waals surface area contributed by atoms with Gasteiger partial charge < -0.3 is 10.5 Å². The van der Waals surface area contributed by atoms with Crippen molar-refractivity contribution in [2.75, 3.05) is 0 Å². The van der Waals surface area contributed by atoms with E-state index < -0.39 is 0 Å². The lowest BCUT2D eigenvalue weighted by Gasteiger charge is -2.10. The van der Waals surface area contributed by atoms with Crippen LogP contribution < -0.4 is 5.73 Å². The Hall–Kier alpha value is -0.870. The van der Waals surface area contributed by atoms with E-state index in [0.717, 1.165) is 25.8 Å². The second-order valence-electron chi connectivity index (χ2n) is 5.09. The van der Waals surface area contributed by atoms with E-state index in [0.29, 0.717) is 12.2 Å². The van der Waals surface area contributed by atoms with E-state index in [1.165, 1.54) is 12.0 Å². The van der Waals surface area contributed by atoms with E-state index in [1.807, 2.05) is 10.9 Å². The molecule has 1 fully saturated rings. The zero-order valence-corrected chi connectivity index (χ0v) is 10.8. The number of ether oxygens (including phenoxy) is 1. The van der Waals surface area contributed by atoms with Crippen molar-refractivity contribution < 1.29 is 4.74 Å². The molecule has 4 heteroatoms. The smallest absolute Gasteiger partial charge is 0.0775 e. The van der Waals surface area contributed by atoms with Crippen molar-refractivity contribution in [3.63, 3.8) is 0 Å². The second kappa shape index (κ2) is 5.65. The van der Waals surface area contributed by atoms with Crippen LogP contribution in [-0.4, -0.2) is 28.0 Å². The van der Waals surface area contributed by atoms with Gasteiger partial charge in [-0.05, 0) is 38.2 Å². The maximum atomic E-state index is 5.93. The molecule has 0 amide bonds. The topological polar surface area (TPSA) is 53.1 Å². The third-order valence-electron chi connectivity index (χ3n) is 3.42. The monoisotopic (exact) mass is 237 g/mol. The Morgan fingerprint density at radius 3 is 3.06 bits per heavy atom. The van der Waals surface area contributed by atoms with Gasteiger partial charge in [0, 0.05) is 12.2 Å². The van der Waals surface area contributed by atoms with Gasteiger partial charge in [-0.2, -0.15) is 5.10 Å². The summed E-state index contributed by atoms with van der Waals surface area (Å²) in [5, 5.41) is 4.37. The highest BCUT2D eigenvalue weighted by Crippen LogP contribution is 2.20. The fourth-order valence-corrected chi connectivity index (χ4v) is 2.29. The molecule has 4 nitrogen and oxygen atoms in total. The van der Waals surface area contributed by atoms with Crippen LogP contribution in [0.3, 0.4) is 0 Å². The molecule has 17 heavy (non-hydrogen) atoms. The molecule has 2 heterocycles. The summed E-state index contributed by atoms with van der Waals surface area (Å²) < 4.78 is 7.78. The van der Waals surface area contributed by atoms with Gasteiger partial charge in [0.1, 0.15) is 0 Å². The fourth-order valence-electron chi connectivity index (χ4n) is 2.29. The second-order valence-corrected chi connectivity index (χ2v) is 5.09. The number of hydrogen-bond acceptors (Lipinski definition) is 3. The zero-order valence-electron chi connectivity index (χ0n) is 10.8. The molecule has 1 aliphatic heterocycles. The normalized spacial score (nSPS) is 26.3. The Labute approximate surface area is 103 Å². The summed E-state index contributed by atoms with van der Waals surface area (Å²) in [5.41, 5.74) is 7.16. The minimum Gasteiger partial charge on any atom is -0.373 e. The third kappa shape index (κ3) is 3.54. The molecule has 0 aliphatic carbocycles. The van der Waals surface area contributed by atoms with Crippen LogP contribution in [0.1, 0.15) is 38.7 Å². The molecule has 0 aromatic carbocycles. The van der Waals surface area contributed by atoms with E-state index in [4.69, 9.17) is 10.5 Å². The van der Waals surface area contributed by atoms with Crippen LogP contribution >= 0.6 is 0 Å². The lowest BCUT2D eigenvalue weighted by molar-refractivity contribution is 0.0437. The van der Waals surface area contributed by atoms with Crippen molar-refractivity contribution >= 4 is 0 Å². The number of nitrogens with two attached hydrogens (primary N) is 1. The van der Waals surface area contributed by atoms with Crippen LogP contribution in [0.2, 0.25) is 0 Å². The summed E-state index contributed by atoms with van der Waals surface area (Å²) in [4.78, 5) is 0. The van der Waals surface area contributed by atoms with Gasteiger partial charge in [0.25, 0.3) is 0 Å². The van der Waals surface area contributed by atoms with Crippen LogP contribution in [0.4, 0.5) is 0 Å². The molecular weight excluding hydrogens is 214 g/mol. The number of hydrogen-bond donors (Lipinski definition) is 1. The van der Waals surface area contributed by atoms with Gasteiger partial charge in [0.15, 0.2) is 0 Å². The lowest BCUT2D eigenvalue weighted by atomic mass is 10.1. The minimum absolute atomic E-state index is 0.246. The van der Waals surface area contributed by atoms with Crippen molar-refractivity contribution in [1.82, 2.24) is 9.78 Å². The molecule has 1 aliphatic rings. The van der Waals surface area contributed by atoms with Gasteiger partial charge in [0.05, 0.1) is 24.9 Å². The molecule has 0 saturated carbocycles. The van der Waals surface area contributed by atoms with Crippen molar-refractivity contribution in [2.45, 2.75) is 64.3 Å². The van der Waals surface area contributed by atoms with Crippen molar-refractivity contribution in [1.29, 1.82) is 0 Å². The summed E-state index contributed by atoms with van der Waals surface area (Å²) >= 11 is 0. The maximum Gasteiger partial charge on any atom is 0.0775 e. The largest absolute Gasteiger partial charge is 0.373 e. The van der Waals surface area contributed by atoms with Gasteiger partial charge >= 0.3 is 0 Å². The summed E-state index contributed by atoms with van der Waals surface area (Å²) in [6.45, 7) is 5.11. The van der Waals surface area contributed by atoms with E-state index in [2.05, 4.69) is 25.1 Å². The molecule has 0 spiro atoms. The molecule has 3 unspecified atom stereocenters. The standard InChI is InChI=1S/C13H23N3O/c1-3-12(14)6-11-7-15-16(8-11)9-13-5-4-10(2)17-13/h7-8,10,12-13H,3-6,9,14H2,1-2H3. The molecular formula is C13H23N3O. The average Bonchev–Trinajstić information content (AvgIpc) is 2.89. The van der Waals surface area contributed by atoms with Gasteiger partial charge in [-0.25, -0.2) is 0 Å². The predicted molar refractivity (Wildman–Crippen MR) is 67.8 cm³/mol. The first-order valence-corrected chi connectivity index (χ1v) is 6.59. The first-order chi connectivity index (χ1) is 8.17. The summed E-state index contributed by atoms with van der Waals surface area (Å²) in [6, 6.07) is 0.246. The first kappa shape index (κ1) is 12.6. The van der Waals surface area contributed by atoms with Gasteiger partial charge in [-0.1, -0.05) is 6.92 Å². The van der Waals surface area contributed by atoms with Gasteiger partial charge in [0.2, 0.25) is 0 Å². The molecule has 1 saturated heterocycles. The van der Waals surface area contributed by atoms with Crippen LogP contribution in [0.5, 0.6) is 0 Å². The molecule has 2 N–H and O–H groups in total. The third-order valence-corrected chi connectivity index (χ3v) is 3.42. The molecule has 1 aromatic heterocycles. The number of rotatable bonds is 5. The Balaban J connectivity index is 1.85. The van der Waals surface area contributed by atoms with Crippen LogP contribution in [0.25, 0.3) is 0 Å². The summed E-state index contributed by atoms with van der Waals surface area (Å²) in [5.74, 6) is 0. The number of nitrogens with zero attached hydrogens (tertiary/aromatic N) is 2. The first-order valence-electron chi connectivity index (χ1n) is 6.59. The predicted octanol–water partition coefficient (Wildman–Crippen LogP) is 1.73. The van der Waals surface area contributed by atoms with Crippen molar-refractivity contribution in [2.24, 2.45) is 5.73 Å². The molecule has 1 aromatic rings. The van der Waals surface area contributed by atoms with E-state index >= 15 is 0 Å². The van der Waals surface area contributed by atoms with Crippen molar-refractivity contribution in [3.05, 3.63) is 18.0 Å². The van der Waals surface area contributed by atoms with Gasteiger partial charge in [-0.3, -0.25) is 4.68 Å². The molecule has 2 rings (SSSR count). The summed E-state index contributed by atoms with van der Waals surface area (Å²) in [6.07, 6.45) is 8.99.